The number of amides is 1. The van der Waals surface area contributed by atoms with Crippen LogP contribution < -0.4 is 10.2 Å². The van der Waals surface area contributed by atoms with Crippen LogP contribution in [0.4, 0.5) is 11.5 Å². The standard InChI is InChI=1S/C25H36N6O/c1-19(32)29(3)18-21-16-24(26-2)28-25(27-21)23-12-9-15-31(23)17-20-10-5-6-11-22(20)30-13-7-4-8-14-30/h5-6,10-11,16,23H,4,7-9,12-15,17-18H2,1-3H3,(H,26,27,28). The predicted molar refractivity (Wildman–Crippen MR) is 129 cm³/mol. The van der Waals surface area contributed by atoms with Gasteiger partial charge in [0.05, 0.1) is 18.3 Å². The molecule has 1 amide bonds. The Morgan fingerprint density at radius 3 is 2.66 bits per heavy atom. The fourth-order valence-electron chi connectivity index (χ4n) is 4.84. The average molecular weight is 437 g/mol. The summed E-state index contributed by atoms with van der Waals surface area (Å²) in [5, 5.41) is 3.17. The molecule has 1 aromatic heterocycles. The summed E-state index contributed by atoms with van der Waals surface area (Å²) in [6.45, 7) is 6.34. The summed E-state index contributed by atoms with van der Waals surface area (Å²) in [6, 6.07) is 11.0. The Morgan fingerprint density at radius 1 is 1.12 bits per heavy atom. The second kappa shape index (κ2) is 10.3. The largest absolute Gasteiger partial charge is 0.373 e. The molecule has 3 heterocycles. The maximum Gasteiger partial charge on any atom is 0.219 e. The van der Waals surface area contributed by atoms with Crippen molar-refractivity contribution in [3.8, 4) is 0 Å². The van der Waals surface area contributed by atoms with Crippen molar-refractivity contribution >= 4 is 17.4 Å². The first-order chi connectivity index (χ1) is 15.5. The van der Waals surface area contributed by atoms with Gasteiger partial charge in [0.1, 0.15) is 11.6 Å². The highest BCUT2D eigenvalue weighted by Crippen LogP contribution is 2.34. The molecule has 1 N–H and O–H groups in total. The van der Waals surface area contributed by atoms with E-state index in [2.05, 4.69) is 39.4 Å². The van der Waals surface area contributed by atoms with Gasteiger partial charge in [-0.15, -0.1) is 0 Å². The number of para-hydroxylation sites is 1. The van der Waals surface area contributed by atoms with Gasteiger partial charge in [0.2, 0.25) is 5.91 Å². The number of rotatable bonds is 7. The minimum Gasteiger partial charge on any atom is -0.373 e. The van der Waals surface area contributed by atoms with Crippen LogP contribution in [-0.4, -0.2) is 59.4 Å². The zero-order valence-corrected chi connectivity index (χ0v) is 19.7. The van der Waals surface area contributed by atoms with Crippen molar-refractivity contribution in [2.24, 2.45) is 0 Å². The topological polar surface area (TPSA) is 64.6 Å². The SMILES string of the molecule is CNc1cc(CN(C)C(C)=O)nc(C2CCCN2Cc2ccccc2N2CCCCC2)n1. The average Bonchev–Trinajstić information content (AvgIpc) is 3.28. The molecule has 2 fully saturated rings. The molecule has 0 aliphatic carbocycles. The number of hydrogen-bond acceptors (Lipinski definition) is 6. The van der Waals surface area contributed by atoms with E-state index in [-0.39, 0.29) is 11.9 Å². The molecule has 0 radical (unpaired) electrons. The van der Waals surface area contributed by atoms with E-state index < -0.39 is 0 Å². The molecule has 0 spiro atoms. The third-order valence-corrected chi connectivity index (χ3v) is 6.71. The predicted octanol–water partition coefficient (Wildman–Crippen LogP) is 3.82. The first kappa shape index (κ1) is 22.5. The molecule has 7 heteroatoms. The van der Waals surface area contributed by atoms with Crippen LogP contribution in [0.3, 0.4) is 0 Å². The second-order valence-electron chi connectivity index (χ2n) is 9.03. The van der Waals surface area contributed by atoms with E-state index in [9.17, 15) is 4.79 Å². The molecule has 7 nitrogen and oxygen atoms in total. The highest BCUT2D eigenvalue weighted by atomic mass is 16.2. The van der Waals surface area contributed by atoms with E-state index in [1.54, 1.807) is 11.8 Å². The molecule has 0 saturated carbocycles. The minimum absolute atomic E-state index is 0.0352. The number of carbonyl (C=O) groups is 1. The summed E-state index contributed by atoms with van der Waals surface area (Å²) in [5.41, 5.74) is 3.65. The van der Waals surface area contributed by atoms with Crippen molar-refractivity contribution < 1.29 is 4.79 Å². The summed E-state index contributed by atoms with van der Waals surface area (Å²) in [6.07, 6.45) is 6.10. The van der Waals surface area contributed by atoms with Crippen LogP contribution in [0.1, 0.15) is 62.2 Å². The molecule has 1 atom stereocenters. The molecule has 172 valence electrons. The lowest BCUT2D eigenvalue weighted by atomic mass is 10.1. The lowest BCUT2D eigenvalue weighted by Gasteiger charge is -2.32. The lowest BCUT2D eigenvalue weighted by Crippen LogP contribution is -2.31. The number of benzene rings is 1. The van der Waals surface area contributed by atoms with Gasteiger partial charge in [0.25, 0.3) is 0 Å². The van der Waals surface area contributed by atoms with Crippen molar-refractivity contribution in [3.63, 3.8) is 0 Å². The van der Waals surface area contributed by atoms with Gasteiger partial charge in [-0.2, -0.15) is 0 Å². The van der Waals surface area contributed by atoms with Crippen LogP contribution in [0.15, 0.2) is 30.3 Å². The van der Waals surface area contributed by atoms with Gasteiger partial charge in [0, 0.05) is 52.4 Å². The van der Waals surface area contributed by atoms with E-state index in [0.717, 1.165) is 56.4 Å². The monoisotopic (exact) mass is 436 g/mol. The summed E-state index contributed by atoms with van der Waals surface area (Å²) in [4.78, 5) is 28.2. The Labute approximate surface area is 191 Å². The maximum atomic E-state index is 11.7. The van der Waals surface area contributed by atoms with Crippen molar-refractivity contribution in [1.29, 1.82) is 0 Å². The number of carbonyl (C=O) groups excluding carboxylic acids is 1. The number of nitrogens with one attached hydrogen (secondary N) is 1. The highest BCUT2D eigenvalue weighted by Gasteiger charge is 2.30. The van der Waals surface area contributed by atoms with Crippen molar-refractivity contribution in [1.82, 2.24) is 19.8 Å². The van der Waals surface area contributed by atoms with Crippen LogP contribution in [0, 0.1) is 0 Å². The summed E-state index contributed by atoms with van der Waals surface area (Å²) in [5.74, 6) is 1.70. The van der Waals surface area contributed by atoms with E-state index in [1.807, 2.05) is 20.2 Å². The summed E-state index contributed by atoms with van der Waals surface area (Å²) < 4.78 is 0. The summed E-state index contributed by atoms with van der Waals surface area (Å²) >= 11 is 0. The Hall–Kier alpha value is -2.67. The highest BCUT2D eigenvalue weighted by molar-refractivity contribution is 5.72. The Kier molecular flexibility index (Phi) is 7.25. The first-order valence-electron chi connectivity index (χ1n) is 11.9. The van der Waals surface area contributed by atoms with Crippen LogP contribution in [0.2, 0.25) is 0 Å². The maximum absolute atomic E-state index is 11.7. The third kappa shape index (κ3) is 5.21. The summed E-state index contributed by atoms with van der Waals surface area (Å²) in [7, 11) is 3.69. The minimum atomic E-state index is 0.0352. The number of piperidine rings is 1. The molecule has 1 unspecified atom stereocenters. The van der Waals surface area contributed by atoms with Gasteiger partial charge >= 0.3 is 0 Å². The van der Waals surface area contributed by atoms with Gasteiger partial charge in [-0.05, 0) is 50.3 Å². The van der Waals surface area contributed by atoms with E-state index in [1.165, 1.54) is 30.5 Å². The van der Waals surface area contributed by atoms with E-state index >= 15 is 0 Å². The molecule has 2 aromatic rings. The molecular weight excluding hydrogens is 400 g/mol. The van der Waals surface area contributed by atoms with Crippen molar-refractivity contribution in [3.05, 3.63) is 47.4 Å². The van der Waals surface area contributed by atoms with Crippen LogP contribution in [0.25, 0.3) is 0 Å². The lowest BCUT2D eigenvalue weighted by molar-refractivity contribution is -0.128. The van der Waals surface area contributed by atoms with Gasteiger partial charge in [-0.25, -0.2) is 9.97 Å². The Morgan fingerprint density at radius 2 is 1.91 bits per heavy atom. The quantitative estimate of drug-likeness (QED) is 0.712. The molecule has 1 aromatic carbocycles. The van der Waals surface area contributed by atoms with Crippen molar-refractivity contribution in [2.75, 3.05) is 43.9 Å². The Bertz CT molecular complexity index is 926. The molecule has 32 heavy (non-hydrogen) atoms. The fraction of sp³-hybridized carbons (Fsp3) is 0.560. The van der Waals surface area contributed by atoms with Gasteiger partial charge < -0.3 is 15.1 Å². The number of likely N-dealkylation sites (tertiary alicyclic amines) is 1. The molecule has 4 rings (SSSR count). The number of aromatic nitrogens is 2. The fourth-order valence-corrected chi connectivity index (χ4v) is 4.84. The zero-order valence-electron chi connectivity index (χ0n) is 19.7. The van der Waals surface area contributed by atoms with Crippen LogP contribution in [-0.2, 0) is 17.9 Å². The third-order valence-electron chi connectivity index (χ3n) is 6.71. The second-order valence-corrected chi connectivity index (χ2v) is 9.03. The number of anilines is 2. The van der Waals surface area contributed by atoms with Gasteiger partial charge in [-0.1, -0.05) is 18.2 Å². The number of hydrogen-bond donors (Lipinski definition) is 1. The molecule has 2 aliphatic heterocycles. The zero-order chi connectivity index (χ0) is 22.5. The molecule has 2 aliphatic rings. The van der Waals surface area contributed by atoms with Crippen LogP contribution >= 0.6 is 0 Å². The molecule has 0 bridgehead atoms. The van der Waals surface area contributed by atoms with Crippen molar-refractivity contribution in [2.45, 2.75) is 58.2 Å². The smallest absolute Gasteiger partial charge is 0.219 e. The molecular formula is C25H36N6O. The van der Waals surface area contributed by atoms with E-state index in [0.29, 0.717) is 6.54 Å². The van der Waals surface area contributed by atoms with E-state index in [4.69, 9.17) is 9.97 Å². The van der Waals surface area contributed by atoms with Crippen LogP contribution in [0.5, 0.6) is 0 Å². The Balaban J connectivity index is 1.56. The normalized spacial score (nSPS) is 19.2. The van der Waals surface area contributed by atoms with Gasteiger partial charge in [0.15, 0.2) is 0 Å². The van der Waals surface area contributed by atoms with Gasteiger partial charge in [-0.3, -0.25) is 9.69 Å². The number of nitrogens with zero attached hydrogens (tertiary/aromatic N) is 5. The molecule has 2 saturated heterocycles. The first-order valence-corrected chi connectivity index (χ1v) is 11.9.